The monoisotopic (exact) mass is 208 g/mol. The van der Waals surface area contributed by atoms with Crippen LogP contribution in [0.25, 0.3) is 0 Å². The van der Waals surface area contributed by atoms with E-state index in [4.69, 9.17) is 16.3 Å². The standard InChI is InChI=1S/C10H16N4O/c1-13-6-8-3-2-4-9(5-8)15-7-10(11)14-12/h2-5,13H,6-7,12H2,1H3,(H2,11,14). The first kappa shape index (κ1) is 11.3. The van der Waals surface area contributed by atoms with Crippen LogP contribution in [-0.4, -0.2) is 19.5 Å². The fourth-order valence-electron chi connectivity index (χ4n) is 1.14. The summed E-state index contributed by atoms with van der Waals surface area (Å²) in [4.78, 5) is 0. The van der Waals surface area contributed by atoms with E-state index in [0.29, 0.717) is 0 Å². The maximum Gasteiger partial charge on any atom is 0.157 e. The quantitative estimate of drug-likeness (QED) is 0.275. The third-order valence-corrected chi connectivity index (χ3v) is 1.83. The lowest BCUT2D eigenvalue weighted by Crippen LogP contribution is -2.22. The van der Waals surface area contributed by atoms with Gasteiger partial charge < -0.3 is 21.6 Å². The SMILES string of the molecule is CNCc1cccc(OCC(N)=NN)c1. The number of hydrazone groups is 1. The van der Waals surface area contributed by atoms with Crippen molar-refractivity contribution >= 4 is 5.84 Å². The number of rotatable bonds is 5. The van der Waals surface area contributed by atoms with Crippen LogP contribution < -0.4 is 21.6 Å². The zero-order valence-electron chi connectivity index (χ0n) is 8.73. The molecule has 0 aliphatic carbocycles. The van der Waals surface area contributed by atoms with Crippen LogP contribution in [0.1, 0.15) is 5.56 Å². The first-order valence-electron chi connectivity index (χ1n) is 4.65. The van der Waals surface area contributed by atoms with Crippen molar-refractivity contribution in [3.63, 3.8) is 0 Å². The summed E-state index contributed by atoms with van der Waals surface area (Å²) < 4.78 is 5.38. The van der Waals surface area contributed by atoms with Crippen molar-refractivity contribution in [2.75, 3.05) is 13.7 Å². The van der Waals surface area contributed by atoms with Crippen LogP contribution in [0, 0.1) is 0 Å². The molecule has 0 aliphatic heterocycles. The molecule has 1 aromatic rings. The molecule has 0 atom stereocenters. The van der Waals surface area contributed by atoms with Gasteiger partial charge in [0.2, 0.25) is 0 Å². The molecule has 0 unspecified atom stereocenters. The molecule has 0 radical (unpaired) electrons. The largest absolute Gasteiger partial charge is 0.486 e. The predicted octanol–water partition coefficient (Wildman–Crippen LogP) is 0.0157. The van der Waals surface area contributed by atoms with Crippen molar-refractivity contribution in [2.24, 2.45) is 16.7 Å². The van der Waals surface area contributed by atoms with Crippen molar-refractivity contribution in [1.29, 1.82) is 0 Å². The number of hydrogen-bond donors (Lipinski definition) is 3. The van der Waals surface area contributed by atoms with Crippen molar-refractivity contribution in [3.8, 4) is 5.75 Å². The van der Waals surface area contributed by atoms with Crippen LogP contribution in [0.5, 0.6) is 5.75 Å². The molecule has 0 amide bonds. The molecular weight excluding hydrogens is 192 g/mol. The van der Waals surface area contributed by atoms with Gasteiger partial charge in [0.25, 0.3) is 0 Å². The molecule has 82 valence electrons. The van der Waals surface area contributed by atoms with Gasteiger partial charge in [-0.1, -0.05) is 12.1 Å². The first-order chi connectivity index (χ1) is 7.26. The molecule has 0 heterocycles. The highest BCUT2D eigenvalue weighted by molar-refractivity contribution is 5.81. The van der Waals surface area contributed by atoms with Gasteiger partial charge in [0.1, 0.15) is 12.4 Å². The predicted molar refractivity (Wildman–Crippen MR) is 60.5 cm³/mol. The van der Waals surface area contributed by atoms with Gasteiger partial charge in [-0.3, -0.25) is 0 Å². The normalized spacial score (nSPS) is 11.4. The summed E-state index contributed by atoms with van der Waals surface area (Å²) in [5.41, 5.74) is 6.56. The summed E-state index contributed by atoms with van der Waals surface area (Å²) in [6.45, 7) is 1.01. The number of nitrogens with zero attached hydrogens (tertiary/aromatic N) is 1. The second kappa shape index (κ2) is 5.87. The van der Waals surface area contributed by atoms with Gasteiger partial charge in [-0.05, 0) is 24.7 Å². The van der Waals surface area contributed by atoms with Crippen molar-refractivity contribution in [2.45, 2.75) is 6.54 Å². The third-order valence-electron chi connectivity index (χ3n) is 1.83. The third kappa shape index (κ3) is 3.86. The highest BCUT2D eigenvalue weighted by atomic mass is 16.5. The molecule has 0 spiro atoms. The van der Waals surface area contributed by atoms with Crippen LogP contribution in [0.15, 0.2) is 29.4 Å². The van der Waals surface area contributed by atoms with Crippen LogP contribution in [0.4, 0.5) is 0 Å². The van der Waals surface area contributed by atoms with E-state index >= 15 is 0 Å². The molecule has 0 bridgehead atoms. The molecular formula is C10H16N4O. The zero-order valence-corrected chi connectivity index (χ0v) is 8.73. The van der Waals surface area contributed by atoms with E-state index in [9.17, 15) is 0 Å². The second-order valence-corrected chi connectivity index (χ2v) is 3.09. The molecule has 1 rings (SSSR count). The molecule has 0 aromatic heterocycles. The van der Waals surface area contributed by atoms with Gasteiger partial charge in [-0.15, -0.1) is 0 Å². The van der Waals surface area contributed by atoms with E-state index in [-0.39, 0.29) is 12.4 Å². The fraction of sp³-hybridized carbons (Fsp3) is 0.300. The van der Waals surface area contributed by atoms with E-state index in [0.717, 1.165) is 17.9 Å². The molecule has 0 fully saturated rings. The van der Waals surface area contributed by atoms with Gasteiger partial charge >= 0.3 is 0 Å². The number of benzene rings is 1. The first-order valence-corrected chi connectivity index (χ1v) is 4.65. The Morgan fingerprint density at radius 3 is 3.00 bits per heavy atom. The van der Waals surface area contributed by atoms with Gasteiger partial charge in [0.15, 0.2) is 5.84 Å². The number of ether oxygens (including phenoxy) is 1. The number of nitrogens with one attached hydrogen (secondary N) is 1. The van der Waals surface area contributed by atoms with E-state index in [2.05, 4.69) is 10.4 Å². The average Bonchev–Trinajstić information content (AvgIpc) is 2.27. The maximum absolute atomic E-state index is 5.41. The Morgan fingerprint density at radius 2 is 2.33 bits per heavy atom. The summed E-state index contributed by atoms with van der Waals surface area (Å²) in [5.74, 6) is 6.02. The molecule has 1 aromatic carbocycles. The number of nitrogens with two attached hydrogens (primary N) is 2. The number of amidine groups is 1. The smallest absolute Gasteiger partial charge is 0.157 e. The summed E-state index contributed by atoms with van der Waals surface area (Å²) in [7, 11) is 1.90. The lowest BCUT2D eigenvalue weighted by molar-refractivity contribution is 0.374. The van der Waals surface area contributed by atoms with E-state index in [1.54, 1.807) is 0 Å². The Kier molecular flexibility index (Phi) is 4.43. The van der Waals surface area contributed by atoms with Gasteiger partial charge in [0.05, 0.1) is 0 Å². The van der Waals surface area contributed by atoms with Crippen molar-refractivity contribution in [1.82, 2.24) is 5.32 Å². The lowest BCUT2D eigenvalue weighted by atomic mass is 10.2. The van der Waals surface area contributed by atoms with Crippen molar-refractivity contribution < 1.29 is 4.74 Å². The maximum atomic E-state index is 5.41. The van der Waals surface area contributed by atoms with Crippen LogP contribution in [0.2, 0.25) is 0 Å². The zero-order chi connectivity index (χ0) is 11.1. The minimum absolute atomic E-state index is 0.208. The minimum atomic E-state index is 0.208. The highest BCUT2D eigenvalue weighted by Crippen LogP contribution is 2.12. The Bertz CT molecular complexity index is 338. The molecule has 5 heteroatoms. The highest BCUT2D eigenvalue weighted by Gasteiger charge is 1.97. The Hall–Kier alpha value is -1.75. The fourth-order valence-corrected chi connectivity index (χ4v) is 1.14. The van der Waals surface area contributed by atoms with E-state index < -0.39 is 0 Å². The summed E-state index contributed by atoms with van der Waals surface area (Å²) in [6, 6.07) is 7.75. The van der Waals surface area contributed by atoms with E-state index in [1.807, 2.05) is 31.3 Å². The Labute approximate surface area is 89.1 Å². The van der Waals surface area contributed by atoms with Gasteiger partial charge in [-0.25, -0.2) is 0 Å². The molecule has 0 saturated heterocycles. The topological polar surface area (TPSA) is 85.7 Å². The van der Waals surface area contributed by atoms with Crippen LogP contribution >= 0.6 is 0 Å². The molecule has 15 heavy (non-hydrogen) atoms. The molecule has 5 nitrogen and oxygen atoms in total. The van der Waals surface area contributed by atoms with Crippen LogP contribution in [0.3, 0.4) is 0 Å². The van der Waals surface area contributed by atoms with Crippen LogP contribution in [-0.2, 0) is 6.54 Å². The van der Waals surface area contributed by atoms with Gasteiger partial charge in [-0.2, -0.15) is 5.10 Å². The average molecular weight is 208 g/mol. The summed E-state index contributed by atoms with van der Waals surface area (Å²) in [6.07, 6.45) is 0. The molecule has 0 aliphatic rings. The van der Waals surface area contributed by atoms with Gasteiger partial charge in [0, 0.05) is 6.54 Å². The van der Waals surface area contributed by atoms with Crippen molar-refractivity contribution in [3.05, 3.63) is 29.8 Å². The summed E-state index contributed by atoms with van der Waals surface area (Å²) in [5, 5.41) is 6.38. The lowest BCUT2D eigenvalue weighted by Gasteiger charge is -2.07. The Morgan fingerprint density at radius 1 is 1.53 bits per heavy atom. The second-order valence-electron chi connectivity index (χ2n) is 3.09. The number of hydrogen-bond acceptors (Lipinski definition) is 4. The summed E-state index contributed by atoms with van der Waals surface area (Å²) >= 11 is 0. The minimum Gasteiger partial charge on any atom is -0.486 e. The molecule has 5 N–H and O–H groups in total. The molecule has 0 saturated carbocycles. The van der Waals surface area contributed by atoms with E-state index in [1.165, 1.54) is 0 Å². The Balaban J connectivity index is 2.57.